The number of hydrogen-bond donors (Lipinski definition) is 1. The highest BCUT2D eigenvalue weighted by Gasteiger charge is 2.16. The summed E-state index contributed by atoms with van der Waals surface area (Å²) in [6, 6.07) is 10.9. The van der Waals surface area contributed by atoms with Crippen LogP contribution in [0.3, 0.4) is 0 Å². The number of carbonyl (C=O) groups excluding carboxylic acids is 1. The molecule has 0 fully saturated rings. The maximum Gasteiger partial charge on any atom is 0.264 e. The summed E-state index contributed by atoms with van der Waals surface area (Å²) in [6.07, 6.45) is 0. The van der Waals surface area contributed by atoms with Gasteiger partial charge >= 0.3 is 0 Å². The van der Waals surface area contributed by atoms with Crippen LogP contribution in [0.4, 0.5) is 5.13 Å². The summed E-state index contributed by atoms with van der Waals surface area (Å²) >= 11 is 1.37. The van der Waals surface area contributed by atoms with Crippen molar-refractivity contribution in [2.24, 2.45) is 0 Å². The number of benzene rings is 2. The molecule has 0 bridgehead atoms. The van der Waals surface area contributed by atoms with Gasteiger partial charge in [-0.25, -0.2) is 4.98 Å². The number of rotatable bonds is 5. The van der Waals surface area contributed by atoms with Gasteiger partial charge in [0, 0.05) is 12.1 Å². The summed E-state index contributed by atoms with van der Waals surface area (Å²) in [6.45, 7) is 0.909. The molecule has 3 aromatic rings. The van der Waals surface area contributed by atoms with Crippen molar-refractivity contribution >= 4 is 32.6 Å². The van der Waals surface area contributed by atoms with Crippen molar-refractivity contribution in [2.45, 2.75) is 0 Å². The van der Waals surface area contributed by atoms with Crippen molar-refractivity contribution < 1.29 is 23.7 Å². The molecule has 1 aliphatic rings. The van der Waals surface area contributed by atoms with Crippen LogP contribution in [0, 0.1) is 0 Å². The highest BCUT2D eigenvalue weighted by molar-refractivity contribution is 7.22. The summed E-state index contributed by atoms with van der Waals surface area (Å²) < 4.78 is 22.7. The lowest BCUT2D eigenvalue weighted by Gasteiger charge is -2.17. The molecule has 0 saturated heterocycles. The number of ether oxygens (including phenoxy) is 4. The average molecular weight is 372 g/mol. The maximum absolute atomic E-state index is 12.2. The fraction of sp³-hybridized carbons (Fsp3) is 0.222. The van der Waals surface area contributed by atoms with E-state index in [4.69, 9.17) is 18.9 Å². The van der Waals surface area contributed by atoms with Crippen LogP contribution < -0.4 is 24.3 Å². The minimum absolute atomic E-state index is 0.140. The third-order valence-corrected chi connectivity index (χ3v) is 4.66. The van der Waals surface area contributed by atoms with Crippen LogP contribution in [0.25, 0.3) is 10.2 Å². The SMILES string of the molecule is COc1ccccc1OCC(=O)Nc1nc2cc3c(cc2s1)OCCO3. The molecule has 1 aliphatic heterocycles. The zero-order valence-electron chi connectivity index (χ0n) is 14.0. The van der Waals surface area contributed by atoms with E-state index in [0.717, 1.165) is 10.2 Å². The fourth-order valence-electron chi connectivity index (χ4n) is 2.56. The van der Waals surface area contributed by atoms with Crippen LogP contribution in [0.5, 0.6) is 23.0 Å². The van der Waals surface area contributed by atoms with E-state index >= 15 is 0 Å². The molecule has 26 heavy (non-hydrogen) atoms. The third-order valence-electron chi connectivity index (χ3n) is 3.73. The van der Waals surface area contributed by atoms with Crippen LogP contribution in [0.1, 0.15) is 0 Å². The highest BCUT2D eigenvalue weighted by Crippen LogP contribution is 2.37. The highest BCUT2D eigenvalue weighted by atomic mass is 32.1. The molecule has 8 heteroatoms. The number of carbonyl (C=O) groups is 1. The second-order valence-corrected chi connectivity index (χ2v) is 6.50. The largest absolute Gasteiger partial charge is 0.493 e. The number of para-hydroxylation sites is 2. The molecule has 4 rings (SSSR count). The van der Waals surface area contributed by atoms with Gasteiger partial charge in [0.2, 0.25) is 0 Å². The Kier molecular flexibility index (Phi) is 4.49. The van der Waals surface area contributed by atoms with Gasteiger partial charge in [-0.2, -0.15) is 0 Å². The van der Waals surface area contributed by atoms with Crippen LogP contribution in [-0.2, 0) is 4.79 Å². The molecule has 0 spiro atoms. The molecular weight excluding hydrogens is 356 g/mol. The first-order chi connectivity index (χ1) is 12.7. The van der Waals surface area contributed by atoms with E-state index in [2.05, 4.69) is 10.3 Å². The van der Waals surface area contributed by atoms with E-state index in [0.29, 0.717) is 41.3 Å². The predicted octanol–water partition coefficient (Wildman–Crippen LogP) is 3.09. The minimum Gasteiger partial charge on any atom is -0.493 e. The fourth-order valence-corrected chi connectivity index (χ4v) is 3.45. The first-order valence-electron chi connectivity index (χ1n) is 7.99. The second-order valence-electron chi connectivity index (χ2n) is 5.47. The van der Waals surface area contributed by atoms with E-state index in [1.165, 1.54) is 11.3 Å². The number of nitrogens with zero attached hydrogens (tertiary/aromatic N) is 1. The molecule has 0 radical (unpaired) electrons. The molecule has 1 amide bonds. The van der Waals surface area contributed by atoms with E-state index in [1.807, 2.05) is 24.3 Å². The second kappa shape index (κ2) is 7.09. The zero-order valence-corrected chi connectivity index (χ0v) is 14.8. The molecule has 2 aromatic carbocycles. The minimum atomic E-state index is -0.299. The number of aromatic nitrogens is 1. The Labute approximate surface area is 153 Å². The van der Waals surface area contributed by atoms with Crippen LogP contribution >= 0.6 is 11.3 Å². The molecule has 0 unspecified atom stereocenters. The lowest BCUT2D eigenvalue weighted by Crippen LogP contribution is -2.20. The van der Waals surface area contributed by atoms with Crippen LogP contribution in [0.2, 0.25) is 0 Å². The number of amides is 1. The van der Waals surface area contributed by atoms with Crippen molar-refractivity contribution in [3.05, 3.63) is 36.4 Å². The zero-order chi connectivity index (χ0) is 17.9. The molecular formula is C18H16N2O5S. The van der Waals surface area contributed by atoms with E-state index < -0.39 is 0 Å². The molecule has 0 aliphatic carbocycles. The van der Waals surface area contributed by atoms with E-state index in [-0.39, 0.29) is 12.5 Å². The number of methoxy groups -OCH3 is 1. The Balaban J connectivity index is 1.44. The van der Waals surface area contributed by atoms with Crippen molar-refractivity contribution in [1.82, 2.24) is 4.98 Å². The number of nitrogens with one attached hydrogen (secondary N) is 1. The molecule has 0 atom stereocenters. The summed E-state index contributed by atoms with van der Waals surface area (Å²) in [5.41, 5.74) is 0.750. The average Bonchev–Trinajstić information content (AvgIpc) is 3.05. The van der Waals surface area contributed by atoms with Crippen LogP contribution in [-0.4, -0.2) is 37.8 Å². The Bertz CT molecular complexity index is 913. The first-order valence-corrected chi connectivity index (χ1v) is 8.80. The van der Waals surface area contributed by atoms with Gasteiger partial charge in [-0.3, -0.25) is 10.1 Å². The van der Waals surface area contributed by atoms with Gasteiger partial charge in [0.25, 0.3) is 5.91 Å². The van der Waals surface area contributed by atoms with Gasteiger partial charge in [0.1, 0.15) is 13.2 Å². The normalized spacial score (nSPS) is 12.7. The number of hydrogen-bond acceptors (Lipinski definition) is 7. The van der Waals surface area contributed by atoms with Crippen molar-refractivity contribution in [3.63, 3.8) is 0 Å². The summed E-state index contributed by atoms with van der Waals surface area (Å²) in [5.74, 6) is 2.16. The number of anilines is 1. The van der Waals surface area contributed by atoms with Gasteiger partial charge in [-0.15, -0.1) is 0 Å². The number of fused-ring (bicyclic) bond motifs is 2. The Morgan fingerprint density at radius 1 is 1.19 bits per heavy atom. The van der Waals surface area contributed by atoms with E-state index in [9.17, 15) is 4.79 Å². The topological polar surface area (TPSA) is 78.9 Å². The van der Waals surface area contributed by atoms with Gasteiger partial charge in [-0.1, -0.05) is 23.5 Å². The first kappa shape index (κ1) is 16.5. The molecule has 7 nitrogen and oxygen atoms in total. The summed E-state index contributed by atoms with van der Waals surface area (Å²) in [4.78, 5) is 16.6. The third kappa shape index (κ3) is 3.36. The van der Waals surface area contributed by atoms with Crippen molar-refractivity contribution in [2.75, 3.05) is 32.2 Å². The Hall–Kier alpha value is -3.00. The van der Waals surface area contributed by atoms with Gasteiger partial charge < -0.3 is 18.9 Å². The van der Waals surface area contributed by atoms with Crippen molar-refractivity contribution in [1.29, 1.82) is 0 Å². The van der Waals surface area contributed by atoms with Gasteiger partial charge in [-0.05, 0) is 12.1 Å². The summed E-state index contributed by atoms with van der Waals surface area (Å²) in [5, 5.41) is 3.25. The monoisotopic (exact) mass is 372 g/mol. The van der Waals surface area contributed by atoms with Crippen molar-refractivity contribution in [3.8, 4) is 23.0 Å². The smallest absolute Gasteiger partial charge is 0.264 e. The Morgan fingerprint density at radius 2 is 1.92 bits per heavy atom. The van der Waals surface area contributed by atoms with Gasteiger partial charge in [0.05, 0.1) is 17.3 Å². The molecule has 1 N–H and O–H groups in total. The molecule has 134 valence electrons. The lowest BCUT2D eigenvalue weighted by molar-refractivity contribution is -0.118. The Morgan fingerprint density at radius 3 is 2.69 bits per heavy atom. The lowest BCUT2D eigenvalue weighted by atomic mass is 10.3. The molecule has 0 saturated carbocycles. The van der Waals surface area contributed by atoms with E-state index in [1.54, 1.807) is 19.2 Å². The quantitative estimate of drug-likeness (QED) is 0.741. The summed E-state index contributed by atoms with van der Waals surface area (Å²) in [7, 11) is 1.55. The van der Waals surface area contributed by atoms with Crippen LogP contribution in [0.15, 0.2) is 36.4 Å². The van der Waals surface area contributed by atoms with Gasteiger partial charge in [0.15, 0.2) is 34.7 Å². The maximum atomic E-state index is 12.2. The molecule has 1 aromatic heterocycles. The standard InChI is InChI=1S/C18H16N2O5S/c1-22-12-4-2-3-5-13(12)25-10-17(21)20-18-19-11-8-14-15(9-16(11)26-18)24-7-6-23-14/h2-5,8-9H,6-7,10H2,1H3,(H,19,20,21). The number of thiazole rings is 1. The molecule has 2 heterocycles. The predicted molar refractivity (Wildman–Crippen MR) is 97.7 cm³/mol.